The van der Waals surface area contributed by atoms with Gasteiger partial charge in [-0.05, 0) is 92.7 Å². The summed E-state index contributed by atoms with van der Waals surface area (Å²) in [6.45, 7) is 4.50. The molecule has 0 fully saturated rings. The van der Waals surface area contributed by atoms with Crippen LogP contribution in [0.25, 0.3) is 65.5 Å². The molecule has 0 aliphatic rings. The molecule has 0 aliphatic carbocycles. The number of rotatable bonds is 3. The average molecular weight is 452 g/mol. The zero-order chi connectivity index (χ0) is 23.5. The van der Waals surface area contributed by atoms with Crippen molar-refractivity contribution in [1.29, 1.82) is 0 Å². The van der Waals surface area contributed by atoms with Gasteiger partial charge in [-0.15, -0.1) is 0 Å². The first kappa shape index (κ1) is 20.2. The topological polar surface area (TPSA) is 26.0 Å². The lowest BCUT2D eigenvalue weighted by Crippen LogP contribution is -1.95. The summed E-state index contributed by atoms with van der Waals surface area (Å²) < 4.78 is 6.37. The Hall–Kier alpha value is -4.17. The van der Waals surface area contributed by atoms with Crippen LogP contribution in [0.3, 0.4) is 0 Å². The first-order valence-electron chi connectivity index (χ1n) is 12.3. The first-order valence-corrected chi connectivity index (χ1v) is 12.3. The Labute approximate surface area is 203 Å². The van der Waals surface area contributed by atoms with Gasteiger partial charge >= 0.3 is 0 Å². The molecule has 2 heterocycles. The molecule has 2 heteroatoms. The molecule has 2 nitrogen and oxygen atoms in total. The number of benzene rings is 5. The van der Waals surface area contributed by atoms with Crippen molar-refractivity contribution >= 4 is 54.3 Å². The van der Waals surface area contributed by atoms with Crippen molar-refractivity contribution in [3.05, 3.63) is 103 Å². The van der Waals surface area contributed by atoms with Crippen LogP contribution in [0.2, 0.25) is 0 Å². The van der Waals surface area contributed by atoms with Crippen molar-refractivity contribution in [2.75, 3.05) is 0 Å². The molecular weight excluding hydrogens is 426 g/mol. The highest BCUT2D eigenvalue weighted by Gasteiger charge is 2.14. The van der Waals surface area contributed by atoms with Crippen LogP contribution >= 0.6 is 0 Å². The summed E-state index contributed by atoms with van der Waals surface area (Å²) in [6, 6.07) is 32.7. The van der Waals surface area contributed by atoms with Gasteiger partial charge in [0.25, 0.3) is 0 Å². The van der Waals surface area contributed by atoms with Gasteiger partial charge in [0.05, 0.1) is 5.69 Å². The molecule has 0 unspecified atom stereocenters. The summed E-state index contributed by atoms with van der Waals surface area (Å²) in [5.74, 6) is 0.615. The first-order chi connectivity index (χ1) is 17.2. The monoisotopic (exact) mass is 451 g/mol. The van der Waals surface area contributed by atoms with Crippen LogP contribution < -0.4 is 0 Å². The Morgan fingerprint density at radius 1 is 0.600 bits per heavy atom. The van der Waals surface area contributed by atoms with Crippen molar-refractivity contribution in [3.8, 4) is 11.3 Å². The highest BCUT2D eigenvalue weighted by Crippen LogP contribution is 2.40. The average Bonchev–Trinajstić information content (AvgIpc) is 3.24. The summed E-state index contributed by atoms with van der Waals surface area (Å²) in [5, 5.41) is 9.87. The Kier molecular flexibility index (Phi) is 4.44. The van der Waals surface area contributed by atoms with Gasteiger partial charge in [-0.3, -0.25) is 4.98 Å². The molecule has 0 spiro atoms. The summed E-state index contributed by atoms with van der Waals surface area (Å²) in [7, 11) is 0. The summed E-state index contributed by atoms with van der Waals surface area (Å²) in [4.78, 5) is 4.68. The molecule has 7 aromatic rings. The van der Waals surface area contributed by atoms with Crippen molar-refractivity contribution in [3.63, 3.8) is 0 Å². The maximum Gasteiger partial charge on any atom is 0.136 e. The van der Waals surface area contributed by atoms with Crippen LogP contribution in [0, 0.1) is 5.92 Å². The number of nitrogens with zero attached hydrogens (tertiary/aromatic N) is 1. The third-order valence-electron chi connectivity index (χ3n) is 7.10. The van der Waals surface area contributed by atoms with E-state index in [1.165, 1.54) is 37.9 Å². The van der Waals surface area contributed by atoms with E-state index < -0.39 is 0 Å². The number of pyridine rings is 1. The molecule has 168 valence electrons. The zero-order valence-electron chi connectivity index (χ0n) is 19.9. The lowest BCUT2D eigenvalue weighted by atomic mass is 9.93. The second kappa shape index (κ2) is 7.68. The molecule has 0 aliphatic heterocycles. The molecule has 0 N–H and O–H groups in total. The summed E-state index contributed by atoms with van der Waals surface area (Å²) >= 11 is 0. The quantitative estimate of drug-likeness (QED) is 0.250. The highest BCUT2D eigenvalue weighted by atomic mass is 16.3. The summed E-state index contributed by atoms with van der Waals surface area (Å²) in [6.07, 6.45) is 2.98. The Morgan fingerprint density at radius 3 is 1.91 bits per heavy atom. The Bertz CT molecular complexity index is 1910. The largest absolute Gasteiger partial charge is 0.456 e. The van der Waals surface area contributed by atoms with E-state index in [-0.39, 0.29) is 0 Å². The molecule has 7 rings (SSSR count). The minimum atomic E-state index is 0.615. The maximum atomic E-state index is 6.37. The van der Waals surface area contributed by atoms with E-state index in [1.54, 1.807) is 0 Å². The van der Waals surface area contributed by atoms with Gasteiger partial charge in [-0.2, -0.15) is 0 Å². The van der Waals surface area contributed by atoms with Crippen molar-refractivity contribution in [1.82, 2.24) is 4.98 Å². The lowest BCUT2D eigenvalue weighted by Gasteiger charge is -2.10. The fourth-order valence-corrected chi connectivity index (χ4v) is 5.56. The van der Waals surface area contributed by atoms with Crippen LogP contribution in [0.15, 0.2) is 102 Å². The summed E-state index contributed by atoms with van der Waals surface area (Å²) in [5.41, 5.74) is 5.29. The van der Waals surface area contributed by atoms with Gasteiger partial charge in [-0.1, -0.05) is 62.4 Å². The van der Waals surface area contributed by atoms with E-state index in [9.17, 15) is 0 Å². The maximum absolute atomic E-state index is 6.37. The number of fused-ring (bicyclic) bond motifs is 9. The van der Waals surface area contributed by atoms with Crippen LogP contribution in [-0.2, 0) is 6.42 Å². The van der Waals surface area contributed by atoms with Gasteiger partial charge in [0.1, 0.15) is 11.2 Å². The number of aromatic nitrogens is 1. The third kappa shape index (κ3) is 3.21. The van der Waals surface area contributed by atoms with E-state index in [4.69, 9.17) is 4.42 Å². The molecule has 0 atom stereocenters. The molecular formula is C33H25NO. The number of hydrogen-bond acceptors (Lipinski definition) is 2. The van der Waals surface area contributed by atoms with Gasteiger partial charge in [0.2, 0.25) is 0 Å². The second-order valence-corrected chi connectivity index (χ2v) is 9.95. The lowest BCUT2D eigenvalue weighted by molar-refractivity contribution is 0.647. The standard InChI is InChI=1S/C33H25NO/c1-20(2)15-21-13-14-34-31(16-21)22-11-12-32-29(17-22)30-18-27-25-9-5-3-7-23(25)24-8-4-6-10-26(24)28(27)19-33(30)35-32/h3-14,16-20H,15H2,1-2H3. The van der Waals surface area contributed by atoms with E-state index in [0.29, 0.717) is 5.92 Å². The molecule has 0 bridgehead atoms. The fourth-order valence-electron chi connectivity index (χ4n) is 5.56. The van der Waals surface area contributed by atoms with Gasteiger partial charge in [-0.25, -0.2) is 0 Å². The van der Waals surface area contributed by atoms with E-state index >= 15 is 0 Å². The smallest absolute Gasteiger partial charge is 0.136 e. The van der Waals surface area contributed by atoms with Crippen LogP contribution in [0.5, 0.6) is 0 Å². The third-order valence-corrected chi connectivity index (χ3v) is 7.10. The SMILES string of the molecule is CC(C)Cc1ccnc(-c2ccc3oc4cc5c6ccccc6c6ccccc6c5cc4c3c2)c1. The van der Waals surface area contributed by atoms with Crippen molar-refractivity contribution in [2.45, 2.75) is 20.3 Å². The van der Waals surface area contributed by atoms with Crippen LogP contribution in [0.4, 0.5) is 0 Å². The van der Waals surface area contributed by atoms with Gasteiger partial charge in [0.15, 0.2) is 0 Å². The van der Waals surface area contributed by atoms with Crippen LogP contribution in [-0.4, -0.2) is 4.98 Å². The molecule has 2 aromatic heterocycles. The zero-order valence-corrected chi connectivity index (χ0v) is 19.9. The van der Waals surface area contributed by atoms with E-state index in [0.717, 1.165) is 39.6 Å². The predicted molar refractivity (Wildman–Crippen MR) is 148 cm³/mol. The highest BCUT2D eigenvalue weighted by molar-refractivity contribution is 6.28. The second-order valence-electron chi connectivity index (χ2n) is 9.95. The van der Waals surface area contributed by atoms with Gasteiger partial charge in [0, 0.05) is 22.5 Å². The predicted octanol–water partition coefficient (Wildman–Crippen LogP) is 9.31. The Morgan fingerprint density at radius 2 is 1.23 bits per heavy atom. The Balaban J connectivity index is 1.51. The van der Waals surface area contributed by atoms with Crippen molar-refractivity contribution in [2.24, 2.45) is 5.92 Å². The minimum Gasteiger partial charge on any atom is -0.456 e. The molecule has 0 radical (unpaired) electrons. The fraction of sp³-hybridized carbons (Fsp3) is 0.121. The number of hydrogen-bond donors (Lipinski definition) is 0. The number of furan rings is 1. The molecule has 0 saturated heterocycles. The van der Waals surface area contributed by atoms with E-state index in [2.05, 4.69) is 110 Å². The van der Waals surface area contributed by atoms with E-state index in [1.807, 2.05) is 6.20 Å². The normalized spacial score (nSPS) is 12.1. The molecule has 0 saturated carbocycles. The van der Waals surface area contributed by atoms with Crippen LogP contribution in [0.1, 0.15) is 19.4 Å². The molecule has 35 heavy (non-hydrogen) atoms. The minimum absolute atomic E-state index is 0.615. The molecule has 5 aromatic carbocycles. The van der Waals surface area contributed by atoms with Gasteiger partial charge < -0.3 is 4.42 Å². The molecule has 0 amide bonds. The van der Waals surface area contributed by atoms with Crippen molar-refractivity contribution < 1.29 is 4.42 Å².